The van der Waals surface area contributed by atoms with Crippen LogP contribution >= 0.6 is 23.2 Å². The van der Waals surface area contributed by atoms with Gasteiger partial charge in [0.05, 0.1) is 0 Å². The van der Waals surface area contributed by atoms with E-state index in [2.05, 4.69) is 16.3 Å². The molecule has 10 heteroatoms. The largest absolute Gasteiger partial charge is 0.461 e. The van der Waals surface area contributed by atoms with Crippen molar-refractivity contribution < 1.29 is 35.9 Å². The Hall–Kier alpha value is -1.15. The van der Waals surface area contributed by atoms with E-state index in [-0.39, 0.29) is 5.02 Å². The van der Waals surface area contributed by atoms with Crippen LogP contribution in [0.1, 0.15) is 0 Å². The highest BCUT2D eigenvalue weighted by atomic mass is 35.5. The third kappa shape index (κ3) is 2.95. The molecule has 0 fully saturated rings. The summed E-state index contributed by atoms with van der Waals surface area (Å²) in [6.45, 7) is 0. The van der Waals surface area contributed by atoms with Gasteiger partial charge in [0.15, 0.2) is 0 Å². The molecule has 0 saturated heterocycles. The minimum absolute atomic E-state index is 0.0548. The van der Waals surface area contributed by atoms with Crippen molar-refractivity contribution in [3.05, 3.63) is 29.3 Å². The molecule has 20 heavy (non-hydrogen) atoms. The average molecular weight is 341 g/mol. The smallest absolute Gasteiger partial charge is 0.446 e. The van der Waals surface area contributed by atoms with E-state index in [1.54, 1.807) is 0 Å². The molecular weight excluding hydrogens is 337 g/mol. The Kier molecular flexibility index (Phi) is 4.50. The zero-order valence-corrected chi connectivity index (χ0v) is 10.7. The molecule has 0 saturated carbocycles. The normalized spacial score (nSPS) is 13.2. The molecule has 0 unspecified atom stereocenters. The maximum absolute atomic E-state index is 12.7. The Morgan fingerprint density at radius 2 is 1.35 bits per heavy atom. The second kappa shape index (κ2) is 5.33. The molecule has 2 nitrogen and oxygen atoms in total. The first kappa shape index (κ1) is 16.9. The van der Waals surface area contributed by atoms with Crippen LogP contribution in [0.3, 0.4) is 0 Å². The van der Waals surface area contributed by atoms with Crippen molar-refractivity contribution in [2.24, 2.45) is 0 Å². The van der Waals surface area contributed by atoms with E-state index in [0.29, 0.717) is 0 Å². The summed E-state index contributed by atoms with van der Waals surface area (Å²) in [7, 11) is 0. The molecule has 1 aromatic rings. The molecule has 0 spiro atoms. The zero-order valence-electron chi connectivity index (χ0n) is 9.15. The summed E-state index contributed by atoms with van der Waals surface area (Å²) in [6, 6.07) is 3.48. The van der Waals surface area contributed by atoms with Crippen LogP contribution in [0.15, 0.2) is 24.3 Å². The van der Waals surface area contributed by atoms with Crippen molar-refractivity contribution in [1.29, 1.82) is 0 Å². The van der Waals surface area contributed by atoms with Crippen LogP contribution in [0, 0.1) is 0 Å². The summed E-state index contributed by atoms with van der Waals surface area (Å²) in [5, 5.41) is -2.69. The highest BCUT2D eigenvalue weighted by Gasteiger charge is 2.78. The van der Waals surface area contributed by atoms with Crippen molar-refractivity contribution in [3.63, 3.8) is 0 Å². The quantitative estimate of drug-likeness (QED) is 0.604. The van der Waals surface area contributed by atoms with Crippen LogP contribution in [-0.4, -0.2) is 23.2 Å². The lowest BCUT2D eigenvalue weighted by Crippen LogP contribution is -2.65. The molecule has 0 radical (unpaired) electrons. The molecule has 0 aromatic heterocycles. The van der Waals surface area contributed by atoms with Gasteiger partial charge in [-0.2, -0.15) is 26.3 Å². The van der Waals surface area contributed by atoms with Crippen LogP contribution in [0.25, 0.3) is 0 Å². The fourth-order valence-corrected chi connectivity index (χ4v) is 1.60. The van der Waals surface area contributed by atoms with Crippen LogP contribution in [0.4, 0.5) is 26.3 Å². The number of hydrogen-bond acceptors (Lipinski definition) is 2. The van der Waals surface area contributed by atoms with E-state index in [1.165, 1.54) is 0 Å². The number of benzene rings is 1. The van der Waals surface area contributed by atoms with E-state index in [9.17, 15) is 31.1 Å². The summed E-state index contributed by atoms with van der Waals surface area (Å²) < 4.78 is 80.1. The van der Waals surface area contributed by atoms with Gasteiger partial charge in [0.2, 0.25) is 0 Å². The Balaban J connectivity index is 3.38. The lowest BCUT2D eigenvalue weighted by Gasteiger charge is -2.33. The Morgan fingerprint density at radius 3 is 1.65 bits per heavy atom. The zero-order chi connectivity index (χ0) is 15.8. The van der Waals surface area contributed by atoms with Gasteiger partial charge in [-0.3, -0.25) is 4.79 Å². The highest BCUT2D eigenvalue weighted by Crippen LogP contribution is 2.47. The van der Waals surface area contributed by atoms with E-state index < -0.39 is 28.9 Å². The number of alkyl halides is 6. The molecular formula is C10H4Cl2F6O2. The summed E-state index contributed by atoms with van der Waals surface area (Å²) in [4.78, 5) is 10.8. The monoisotopic (exact) mass is 340 g/mol. The Bertz CT molecular complexity index is 480. The minimum atomic E-state index is -6.09. The number of hydrogen-bond donors (Lipinski definition) is 0. The molecule has 0 aliphatic heterocycles. The van der Waals surface area contributed by atoms with Crippen LogP contribution in [0.5, 0.6) is 5.75 Å². The van der Waals surface area contributed by atoms with Gasteiger partial charge >= 0.3 is 18.0 Å². The summed E-state index contributed by atoms with van der Waals surface area (Å²) >= 11 is 9.95. The molecule has 112 valence electrons. The lowest BCUT2D eigenvalue weighted by molar-refractivity contribution is -0.337. The van der Waals surface area contributed by atoms with E-state index in [4.69, 9.17) is 11.6 Å². The summed E-state index contributed by atoms with van der Waals surface area (Å²) in [5.74, 6) is -0.863. The van der Waals surface area contributed by atoms with Crippen LogP contribution in [-0.2, 0) is 4.79 Å². The van der Waals surface area contributed by atoms with Gasteiger partial charge in [0.1, 0.15) is 5.75 Å². The van der Waals surface area contributed by atoms with Crippen molar-refractivity contribution in [1.82, 2.24) is 0 Å². The number of ether oxygens (including phenoxy) is 1. The number of halogens is 8. The van der Waals surface area contributed by atoms with Gasteiger partial charge in [-0.25, -0.2) is 0 Å². The Morgan fingerprint density at radius 1 is 0.950 bits per heavy atom. The van der Waals surface area contributed by atoms with E-state index in [1.807, 2.05) is 0 Å². The fraction of sp³-hybridized carbons (Fsp3) is 0.300. The fourth-order valence-electron chi connectivity index (χ4n) is 1.22. The van der Waals surface area contributed by atoms with Gasteiger partial charge in [-0.05, 0) is 35.9 Å². The SMILES string of the molecule is O=C(Cl)C(Oc1ccc(Cl)cc1)(C(F)(F)F)C(F)(F)F. The lowest BCUT2D eigenvalue weighted by atomic mass is 10.0. The Labute approximate surface area is 118 Å². The first-order chi connectivity index (χ1) is 8.92. The third-order valence-corrected chi connectivity index (χ3v) is 2.68. The van der Waals surface area contributed by atoms with E-state index >= 15 is 0 Å². The molecule has 0 N–H and O–H groups in total. The van der Waals surface area contributed by atoms with Crippen LogP contribution < -0.4 is 4.74 Å². The molecule has 0 amide bonds. The molecule has 0 atom stereocenters. The molecule has 0 aliphatic carbocycles. The maximum Gasteiger partial charge on any atom is 0.446 e. The average Bonchev–Trinajstić information content (AvgIpc) is 2.24. The molecule has 0 aliphatic rings. The number of rotatable bonds is 3. The second-order valence-corrected chi connectivity index (χ2v) is 4.29. The minimum Gasteiger partial charge on any atom is -0.461 e. The van der Waals surface area contributed by atoms with E-state index in [0.717, 1.165) is 24.3 Å². The van der Waals surface area contributed by atoms with Crippen LogP contribution in [0.2, 0.25) is 5.02 Å². The summed E-state index contributed by atoms with van der Waals surface area (Å²) in [6.07, 6.45) is -12.2. The molecule has 1 rings (SSSR count). The predicted molar refractivity (Wildman–Crippen MR) is 57.8 cm³/mol. The molecule has 1 aromatic carbocycles. The van der Waals surface area contributed by atoms with Crippen molar-refractivity contribution in [2.45, 2.75) is 18.0 Å². The first-order valence-electron chi connectivity index (χ1n) is 4.70. The third-order valence-electron chi connectivity index (χ3n) is 2.16. The van der Waals surface area contributed by atoms with Gasteiger partial charge in [0, 0.05) is 5.02 Å². The topological polar surface area (TPSA) is 26.3 Å². The van der Waals surface area contributed by atoms with Gasteiger partial charge < -0.3 is 4.74 Å². The van der Waals surface area contributed by atoms with Crippen molar-refractivity contribution in [3.8, 4) is 5.75 Å². The van der Waals surface area contributed by atoms with Gasteiger partial charge in [-0.15, -0.1) is 0 Å². The molecule has 0 heterocycles. The van der Waals surface area contributed by atoms with Crippen molar-refractivity contribution >= 4 is 28.4 Å². The number of carbonyl (C=O) groups is 1. The maximum atomic E-state index is 12.7. The number of carbonyl (C=O) groups excluding carboxylic acids is 1. The molecule has 0 bridgehead atoms. The standard InChI is InChI=1S/C10H4Cl2F6O2/c11-5-1-3-6(4-2-5)20-8(7(12)19,9(13,14)15)10(16,17)18/h1-4H. The first-order valence-corrected chi connectivity index (χ1v) is 5.45. The van der Waals surface area contributed by atoms with Gasteiger partial charge in [-0.1, -0.05) is 11.6 Å². The second-order valence-electron chi connectivity index (χ2n) is 3.51. The van der Waals surface area contributed by atoms with Gasteiger partial charge in [0.25, 0.3) is 5.24 Å². The summed E-state index contributed by atoms with van der Waals surface area (Å²) in [5.41, 5.74) is -5.14. The predicted octanol–water partition coefficient (Wildman–Crippen LogP) is 4.35. The van der Waals surface area contributed by atoms with Crippen molar-refractivity contribution in [2.75, 3.05) is 0 Å². The highest BCUT2D eigenvalue weighted by molar-refractivity contribution is 6.65.